The number of aryl methyl sites for hydroxylation is 1. The van der Waals surface area contributed by atoms with Gasteiger partial charge in [0, 0.05) is 57.9 Å². The van der Waals surface area contributed by atoms with Crippen LogP contribution < -0.4 is 4.90 Å². The first-order valence-electron chi connectivity index (χ1n) is 13.0. The molecule has 5 rings (SSSR count). The van der Waals surface area contributed by atoms with Crippen molar-refractivity contribution < 1.29 is 17.9 Å². The fourth-order valence-electron chi connectivity index (χ4n) is 5.72. The summed E-state index contributed by atoms with van der Waals surface area (Å²) in [6, 6.07) is 16.6. The van der Waals surface area contributed by atoms with Gasteiger partial charge in [0.1, 0.15) is 6.10 Å². The summed E-state index contributed by atoms with van der Waals surface area (Å²) in [5, 5.41) is 8.96. The molecule has 3 saturated heterocycles. The van der Waals surface area contributed by atoms with Crippen LogP contribution in [0.3, 0.4) is 0 Å². The van der Waals surface area contributed by atoms with Gasteiger partial charge in [-0.1, -0.05) is 17.7 Å². The second-order valence-corrected chi connectivity index (χ2v) is 12.4. The van der Waals surface area contributed by atoms with Crippen LogP contribution in [0, 0.1) is 23.7 Å². The largest absolute Gasteiger partial charge is 0.462 e. The summed E-state index contributed by atoms with van der Waals surface area (Å²) in [6.07, 6.45) is 2.33. The quantitative estimate of drug-likeness (QED) is 0.538. The number of rotatable bonds is 6. The molecule has 8 nitrogen and oxygen atoms in total. The van der Waals surface area contributed by atoms with Gasteiger partial charge in [-0.15, -0.1) is 0 Å². The van der Waals surface area contributed by atoms with Crippen LogP contribution in [0.15, 0.2) is 53.4 Å². The third-order valence-electron chi connectivity index (χ3n) is 8.16. The lowest BCUT2D eigenvalue weighted by Crippen LogP contribution is -2.47. The maximum Gasteiger partial charge on any atom is 0.312 e. The van der Waals surface area contributed by atoms with Crippen molar-refractivity contribution >= 4 is 21.7 Å². The van der Waals surface area contributed by atoms with E-state index < -0.39 is 15.4 Å². The van der Waals surface area contributed by atoms with E-state index in [0.717, 1.165) is 39.1 Å². The van der Waals surface area contributed by atoms with Crippen molar-refractivity contribution in [3.8, 4) is 6.07 Å². The Labute approximate surface area is 219 Å². The number of nitriles is 1. The van der Waals surface area contributed by atoms with Gasteiger partial charge in [-0.05, 0) is 62.6 Å². The lowest BCUT2D eigenvalue weighted by atomic mass is 9.76. The van der Waals surface area contributed by atoms with E-state index in [1.807, 2.05) is 6.07 Å². The predicted molar refractivity (Wildman–Crippen MR) is 141 cm³/mol. The highest BCUT2D eigenvalue weighted by molar-refractivity contribution is 7.89. The predicted octanol–water partition coefficient (Wildman–Crippen LogP) is 3.17. The van der Waals surface area contributed by atoms with Crippen LogP contribution in [0.4, 0.5) is 5.69 Å². The SMILES string of the molecule is Cc1ccc(N2CCN(CCC3CC4(CCN(S(=O)(=O)c5ccc(C#N)cc5)CC4)C(=O)O3)CC2)cc1. The lowest BCUT2D eigenvalue weighted by molar-refractivity contribution is -0.150. The second-order valence-electron chi connectivity index (χ2n) is 10.5. The zero-order chi connectivity index (χ0) is 26.0. The number of ether oxygens (including phenoxy) is 1. The minimum atomic E-state index is -3.65. The molecule has 37 heavy (non-hydrogen) atoms. The molecule has 3 aliphatic rings. The van der Waals surface area contributed by atoms with E-state index in [0.29, 0.717) is 37.9 Å². The number of esters is 1. The number of piperazine rings is 1. The van der Waals surface area contributed by atoms with Crippen molar-refractivity contribution in [2.45, 2.75) is 43.6 Å². The molecular formula is C28H34N4O4S. The van der Waals surface area contributed by atoms with Crippen molar-refractivity contribution in [1.29, 1.82) is 5.26 Å². The number of carbonyl (C=O) groups is 1. The van der Waals surface area contributed by atoms with Gasteiger partial charge in [0.05, 0.1) is 21.9 Å². The Morgan fingerprint density at radius 1 is 0.973 bits per heavy atom. The van der Waals surface area contributed by atoms with E-state index in [4.69, 9.17) is 10.00 Å². The third-order valence-corrected chi connectivity index (χ3v) is 10.1. The van der Waals surface area contributed by atoms with Crippen molar-refractivity contribution in [2.24, 2.45) is 5.41 Å². The normalized spacial score (nSPS) is 22.6. The Kier molecular flexibility index (Phi) is 7.26. The topological polar surface area (TPSA) is 94.0 Å². The zero-order valence-electron chi connectivity index (χ0n) is 21.3. The van der Waals surface area contributed by atoms with Gasteiger partial charge in [-0.3, -0.25) is 9.69 Å². The van der Waals surface area contributed by atoms with Crippen LogP contribution in [0.5, 0.6) is 0 Å². The van der Waals surface area contributed by atoms with Gasteiger partial charge in [0.15, 0.2) is 0 Å². The Balaban J connectivity index is 1.10. The Morgan fingerprint density at radius 3 is 2.24 bits per heavy atom. The molecule has 3 fully saturated rings. The van der Waals surface area contributed by atoms with Crippen LogP contribution in [0.2, 0.25) is 0 Å². The van der Waals surface area contributed by atoms with E-state index in [-0.39, 0.29) is 17.0 Å². The van der Waals surface area contributed by atoms with Crippen LogP contribution in [0.1, 0.15) is 36.8 Å². The maximum absolute atomic E-state index is 13.1. The molecule has 1 spiro atoms. The molecule has 2 aromatic carbocycles. The Bertz CT molecular complexity index is 1250. The standard InChI is InChI=1S/C28H34N4O4S/c1-22-2-6-24(7-3-22)31-18-16-30(17-19-31)13-10-25-20-28(27(33)36-25)11-14-32(15-12-28)37(34,35)26-8-4-23(21-29)5-9-26/h2-9,25H,10-20H2,1H3. The Hall–Kier alpha value is -2.93. The van der Waals surface area contributed by atoms with Crippen molar-refractivity contribution in [2.75, 3.05) is 50.7 Å². The number of sulfonamides is 1. The van der Waals surface area contributed by atoms with Gasteiger partial charge < -0.3 is 9.64 Å². The summed E-state index contributed by atoms with van der Waals surface area (Å²) in [5.74, 6) is -0.169. The molecule has 0 aromatic heterocycles. The minimum absolute atomic E-state index is 0.107. The highest BCUT2D eigenvalue weighted by Crippen LogP contribution is 2.44. The van der Waals surface area contributed by atoms with E-state index in [1.165, 1.54) is 39.8 Å². The summed E-state index contributed by atoms with van der Waals surface area (Å²) < 4.78 is 33.4. The molecule has 1 unspecified atom stereocenters. The number of anilines is 1. The van der Waals surface area contributed by atoms with Crippen molar-refractivity contribution in [1.82, 2.24) is 9.21 Å². The van der Waals surface area contributed by atoms with E-state index in [2.05, 4.69) is 41.0 Å². The molecule has 0 radical (unpaired) electrons. The van der Waals surface area contributed by atoms with Crippen LogP contribution in [0.25, 0.3) is 0 Å². The number of hydrogen-bond acceptors (Lipinski definition) is 7. The van der Waals surface area contributed by atoms with E-state index in [9.17, 15) is 13.2 Å². The van der Waals surface area contributed by atoms with Crippen molar-refractivity contribution in [3.63, 3.8) is 0 Å². The number of hydrogen-bond donors (Lipinski definition) is 0. The zero-order valence-corrected chi connectivity index (χ0v) is 22.1. The molecular weight excluding hydrogens is 488 g/mol. The highest BCUT2D eigenvalue weighted by Gasteiger charge is 2.51. The molecule has 1 atom stereocenters. The second kappa shape index (κ2) is 10.4. The van der Waals surface area contributed by atoms with Crippen LogP contribution >= 0.6 is 0 Å². The monoisotopic (exact) mass is 522 g/mol. The van der Waals surface area contributed by atoms with E-state index >= 15 is 0 Å². The van der Waals surface area contributed by atoms with Gasteiger partial charge >= 0.3 is 5.97 Å². The first-order valence-corrected chi connectivity index (χ1v) is 14.5. The average molecular weight is 523 g/mol. The molecule has 0 saturated carbocycles. The summed E-state index contributed by atoms with van der Waals surface area (Å²) in [4.78, 5) is 17.9. The average Bonchev–Trinajstić information content (AvgIpc) is 3.22. The van der Waals surface area contributed by atoms with Crippen LogP contribution in [-0.4, -0.2) is 75.5 Å². The smallest absolute Gasteiger partial charge is 0.312 e. The van der Waals surface area contributed by atoms with Gasteiger partial charge in [-0.25, -0.2) is 8.42 Å². The summed E-state index contributed by atoms with van der Waals surface area (Å²) in [5.41, 5.74) is 2.38. The number of benzene rings is 2. The molecule has 0 N–H and O–H groups in total. The highest BCUT2D eigenvalue weighted by atomic mass is 32.2. The first kappa shape index (κ1) is 25.7. The van der Waals surface area contributed by atoms with Crippen molar-refractivity contribution in [3.05, 3.63) is 59.7 Å². The fourth-order valence-corrected chi connectivity index (χ4v) is 7.16. The van der Waals surface area contributed by atoms with E-state index in [1.54, 1.807) is 0 Å². The Morgan fingerprint density at radius 2 is 1.62 bits per heavy atom. The molecule has 3 aliphatic heterocycles. The van der Waals surface area contributed by atoms with Gasteiger partial charge in [-0.2, -0.15) is 9.57 Å². The molecule has 2 aromatic rings. The fraction of sp³-hybridized carbons (Fsp3) is 0.500. The first-order chi connectivity index (χ1) is 17.8. The summed E-state index contributed by atoms with van der Waals surface area (Å²) in [7, 11) is -3.65. The maximum atomic E-state index is 13.1. The van der Waals surface area contributed by atoms with Gasteiger partial charge in [0.25, 0.3) is 0 Å². The number of nitrogens with zero attached hydrogens (tertiary/aromatic N) is 4. The third kappa shape index (κ3) is 5.37. The molecule has 0 amide bonds. The molecule has 0 aliphatic carbocycles. The molecule has 196 valence electrons. The lowest BCUT2D eigenvalue weighted by Gasteiger charge is -2.36. The van der Waals surface area contributed by atoms with Gasteiger partial charge in [0.2, 0.25) is 10.0 Å². The molecule has 3 heterocycles. The number of cyclic esters (lactones) is 1. The van der Waals surface area contributed by atoms with Crippen LogP contribution in [-0.2, 0) is 19.6 Å². The molecule has 9 heteroatoms. The minimum Gasteiger partial charge on any atom is -0.462 e. The summed E-state index contributed by atoms with van der Waals surface area (Å²) in [6.45, 7) is 7.54. The number of piperidine rings is 1. The molecule has 0 bridgehead atoms. The number of carbonyl (C=O) groups excluding carboxylic acids is 1. The summed E-state index contributed by atoms with van der Waals surface area (Å²) >= 11 is 0.